The van der Waals surface area contributed by atoms with Crippen molar-refractivity contribution in [1.29, 1.82) is 0 Å². The number of nitrogens with two attached hydrogens (primary N) is 1. The van der Waals surface area contributed by atoms with Crippen LogP contribution in [-0.4, -0.2) is 63.6 Å². The maximum atomic E-state index is 13.0. The maximum absolute atomic E-state index is 13.0. The minimum atomic E-state index is -3.77. The van der Waals surface area contributed by atoms with Gasteiger partial charge in [-0.25, -0.2) is 8.42 Å². The molecule has 1 saturated heterocycles. The molecule has 0 radical (unpaired) electrons. The van der Waals surface area contributed by atoms with Crippen LogP contribution in [0, 0.1) is 0 Å². The van der Waals surface area contributed by atoms with Gasteiger partial charge in [0.05, 0.1) is 35.5 Å². The van der Waals surface area contributed by atoms with Crippen molar-refractivity contribution in [1.82, 2.24) is 4.31 Å². The summed E-state index contributed by atoms with van der Waals surface area (Å²) in [7, 11) is -3.77. The number of morpholine rings is 1. The van der Waals surface area contributed by atoms with Gasteiger partial charge in [0, 0.05) is 13.1 Å². The zero-order chi connectivity index (χ0) is 24.0. The molecule has 2 aromatic rings. The van der Waals surface area contributed by atoms with Crippen LogP contribution in [-0.2, 0) is 19.6 Å². The number of rotatable bonds is 9. The molecule has 0 spiro atoms. The molecule has 1 heterocycles. The molecule has 0 atom stereocenters. The van der Waals surface area contributed by atoms with Gasteiger partial charge in [-0.05, 0) is 44.2 Å². The third kappa shape index (κ3) is 6.21. The molecule has 0 unspecified atom stereocenters. The second kappa shape index (κ2) is 10.6. The Bertz CT molecular complexity index is 1110. The van der Waals surface area contributed by atoms with Gasteiger partial charge in [0.15, 0.2) is 6.61 Å². The molecule has 0 saturated carbocycles. The molecule has 3 rings (SSSR count). The summed E-state index contributed by atoms with van der Waals surface area (Å²) in [5.41, 5.74) is 5.66. The van der Waals surface area contributed by atoms with Crippen molar-refractivity contribution in [2.75, 3.05) is 38.2 Å². The lowest BCUT2D eigenvalue weighted by atomic mass is 10.2. The van der Waals surface area contributed by atoms with Crippen LogP contribution in [0.4, 0.5) is 5.69 Å². The van der Waals surface area contributed by atoms with Crippen LogP contribution in [0.3, 0.4) is 0 Å². The van der Waals surface area contributed by atoms with Crippen LogP contribution in [0.2, 0.25) is 0 Å². The van der Waals surface area contributed by atoms with E-state index in [-0.39, 0.29) is 41.1 Å². The van der Waals surface area contributed by atoms with Gasteiger partial charge in [0.25, 0.3) is 11.8 Å². The van der Waals surface area contributed by atoms with Crippen LogP contribution >= 0.6 is 0 Å². The minimum Gasteiger partial charge on any atom is -0.489 e. The number of ether oxygens (including phenoxy) is 3. The first-order valence-electron chi connectivity index (χ1n) is 10.4. The standard InChI is InChI=1S/C22H27N3O7S/c1-15(2)32-20-8-7-16(33(28,29)25-9-11-30-12-10-25)13-18(20)24-21(26)14-31-19-6-4-3-5-17(19)22(23)27/h3-8,13,15H,9-12,14H2,1-2H3,(H2,23,27)(H,24,26). The molecule has 178 valence electrons. The fourth-order valence-corrected chi connectivity index (χ4v) is 4.62. The monoisotopic (exact) mass is 477 g/mol. The third-order valence-corrected chi connectivity index (χ3v) is 6.60. The number of hydrogen-bond acceptors (Lipinski definition) is 7. The molecule has 1 aliphatic rings. The van der Waals surface area contributed by atoms with E-state index in [1.165, 1.54) is 34.6 Å². The van der Waals surface area contributed by atoms with Gasteiger partial charge in [-0.3, -0.25) is 9.59 Å². The molecular weight excluding hydrogens is 450 g/mol. The van der Waals surface area contributed by atoms with Crippen molar-refractivity contribution in [3.05, 3.63) is 48.0 Å². The molecule has 2 aromatic carbocycles. The molecular formula is C22H27N3O7S. The predicted molar refractivity (Wildman–Crippen MR) is 121 cm³/mol. The van der Waals surface area contributed by atoms with Gasteiger partial charge in [0.2, 0.25) is 10.0 Å². The molecule has 0 aliphatic carbocycles. The average molecular weight is 478 g/mol. The Hall–Kier alpha value is -3.15. The summed E-state index contributed by atoms with van der Waals surface area (Å²) in [6.45, 7) is 4.35. The summed E-state index contributed by atoms with van der Waals surface area (Å²) in [5.74, 6) is -0.761. The molecule has 0 bridgehead atoms. The van der Waals surface area contributed by atoms with Gasteiger partial charge < -0.3 is 25.3 Å². The van der Waals surface area contributed by atoms with Gasteiger partial charge in [-0.2, -0.15) is 4.31 Å². The van der Waals surface area contributed by atoms with Crippen molar-refractivity contribution in [2.24, 2.45) is 5.73 Å². The van der Waals surface area contributed by atoms with Gasteiger partial charge >= 0.3 is 0 Å². The number of para-hydroxylation sites is 1. The van der Waals surface area contributed by atoms with Crippen LogP contribution < -0.4 is 20.5 Å². The molecule has 10 nitrogen and oxygen atoms in total. The number of hydrogen-bond donors (Lipinski definition) is 2. The van der Waals surface area contributed by atoms with E-state index in [2.05, 4.69) is 5.32 Å². The predicted octanol–water partition coefficient (Wildman–Crippen LogP) is 1.61. The average Bonchev–Trinajstić information content (AvgIpc) is 2.79. The lowest BCUT2D eigenvalue weighted by Gasteiger charge is -2.26. The molecule has 3 N–H and O–H groups in total. The maximum Gasteiger partial charge on any atom is 0.262 e. The second-order valence-corrected chi connectivity index (χ2v) is 9.48. The number of anilines is 1. The summed E-state index contributed by atoms with van der Waals surface area (Å²) < 4.78 is 43.8. The van der Waals surface area contributed by atoms with E-state index < -0.39 is 28.4 Å². The van der Waals surface area contributed by atoms with Crippen LogP contribution in [0.15, 0.2) is 47.4 Å². The first-order valence-corrected chi connectivity index (χ1v) is 11.8. The Morgan fingerprint density at radius 3 is 2.48 bits per heavy atom. The number of primary amides is 1. The topological polar surface area (TPSA) is 137 Å². The normalized spacial score (nSPS) is 14.6. The van der Waals surface area contributed by atoms with E-state index in [1.54, 1.807) is 12.1 Å². The van der Waals surface area contributed by atoms with E-state index in [0.29, 0.717) is 19.0 Å². The van der Waals surface area contributed by atoms with Crippen LogP contribution in [0.1, 0.15) is 24.2 Å². The number of benzene rings is 2. The Morgan fingerprint density at radius 1 is 1.12 bits per heavy atom. The Kier molecular flexibility index (Phi) is 7.90. The number of carbonyl (C=O) groups is 2. The van der Waals surface area contributed by atoms with Crippen molar-refractivity contribution >= 4 is 27.5 Å². The summed E-state index contributed by atoms with van der Waals surface area (Å²) in [6.07, 6.45) is -0.207. The number of nitrogens with zero attached hydrogens (tertiary/aromatic N) is 1. The van der Waals surface area contributed by atoms with E-state index in [9.17, 15) is 18.0 Å². The highest BCUT2D eigenvalue weighted by molar-refractivity contribution is 7.89. The van der Waals surface area contributed by atoms with Crippen molar-refractivity contribution in [3.63, 3.8) is 0 Å². The van der Waals surface area contributed by atoms with E-state index in [1.807, 2.05) is 13.8 Å². The fourth-order valence-electron chi connectivity index (χ4n) is 3.19. The summed E-state index contributed by atoms with van der Waals surface area (Å²) in [5, 5.41) is 2.64. The van der Waals surface area contributed by atoms with Crippen molar-refractivity contribution in [2.45, 2.75) is 24.8 Å². The van der Waals surface area contributed by atoms with Gasteiger partial charge in [-0.1, -0.05) is 12.1 Å². The van der Waals surface area contributed by atoms with Gasteiger partial charge in [-0.15, -0.1) is 0 Å². The smallest absolute Gasteiger partial charge is 0.262 e. The Labute approximate surface area is 192 Å². The first-order chi connectivity index (χ1) is 15.7. The van der Waals surface area contributed by atoms with E-state index in [0.717, 1.165) is 0 Å². The highest BCUT2D eigenvalue weighted by Crippen LogP contribution is 2.30. The largest absolute Gasteiger partial charge is 0.489 e. The van der Waals surface area contributed by atoms with Gasteiger partial charge in [0.1, 0.15) is 11.5 Å². The number of nitrogens with one attached hydrogen (secondary N) is 1. The highest BCUT2D eigenvalue weighted by atomic mass is 32.2. The summed E-state index contributed by atoms with van der Waals surface area (Å²) in [4.78, 5) is 24.1. The number of sulfonamides is 1. The second-order valence-electron chi connectivity index (χ2n) is 7.54. The number of amides is 2. The molecule has 1 aliphatic heterocycles. The molecule has 1 fully saturated rings. The fraction of sp³-hybridized carbons (Fsp3) is 0.364. The third-order valence-electron chi connectivity index (χ3n) is 4.71. The molecule has 33 heavy (non-hydrogen) atoms. The first kappa shape index (κ1) is 24.5. The molecule has 0 aromatic heterocycles. The zero-order valence-electron chi connectivity index (χ0n) is 18.4. The summed E-state index contributed by atoms with van der Waals surface area (Å²) >= 11 is 0. The van der Waals surface area contributed by atoms with Crippen LogP contribution in [0.25, 0.3) is 0 Å². The lowest BCUT2D eigenvalue weighted by molar-refractivity contribution is -0.118. The quantitative estimate of drug-likeness (QED) is 0.560. The summed E-state index contributed by atoms with van der Waals surface area (Å²) in [6, 6.07) is 10.6. The van der Waals surface area contributed by atoms with E-state index >= 15 is 0 Å². The molecule has 2 amide bonds. The SMILES string of the molecule is CC(C)Oc1ccc(S(=O)(=O)N2CCOCC2)cc1NC(=O)COc1ccccc1C(N)=O. The zero-order valence-corrected chi connectivity index (χ0v) is 19.3. The lowest BCUT2D eigenvalue weighted by Crippen LogP contribution is -2.40. The van der Waals surface area contributed by atoms with Crippen LogP contribution in [0.5, 0.6) is 11.5 Å². The Morgan fingerprint density at radius 2 is 1.82 bits per heavy atom. The highest BCUT2D eigenvalue weighted by Gasteiger charge is 2.27. The number of carbonyl (C=O) groups excluding carboxylic acids is 2. The Balaban J connectivity index is 1.80. The minimum absolute atomic E-state index is 0.0239. The van der Waals surface area contributed by atoms with Crippen molar-refractivity contribution < 1.29 is 32.2 Å². The van der Waals surface area contributed by atoms with E-state index in [4.69, 9.17) is 19.9 Å². The molecule has 11 heteroatoms. The van der Waals surface area contributed by atoms with Crippen molar-refractivity contribution in [3.8, 4) is 11.5 Å².